The molecule has 158 valence electrons. The molecule has 1 aromatic carbocycles. The minimum absolute atomic E-state index is 0.0451. The van der Waals surface area contributed by atoms with Gasteiger partial charge in [0.2, 0.25) is 5.91 Å². The topological polar surface area (TPSA) is 62.5 Å². The monoisotopic (exact) mass is 410 g/mol. The van der Waals surface area contributed by atoms with Crippen molar-refractivity contribution in [2.24, 2.45) is 5.92 Å². The zero-order valence-corrected chi connectivity index (χ0v) is 16.6. The molecule has 1 aliphatic rings. The summed E-state index contributed by atoms with van der Waals surface area (Å²) in [4.78, 5) is 16.2. The molecule has 9 heteroatoms. The average Bonchev–Trinajstić information content (AvgIpc) is 3.07. The molecule has 0 spiro atoms. The van der Waals surface area contributed by atoms with Crippen LogP contribution in [0, 0.1) is 12.8 Å². The maximum absolute atomic E-state index is 12.9. The van der Waals surface area contributed by atoms with Gasteiger partial charge in [-0.05, 0) is 50.4 Å². The Labute approximate surface area is 167 Å². The molecule has 1 fully saturated rings. The van der Waals surface area contributed by atoms with Gasteiger partial charge >= 0.3 is 6.18 Å². The number of aromatic nitrogens is 2. The summed E-state index contributed by atoms with van der Waals surface area (Å²) in [5.74, 6) is 0.322. The minimum atomic E-state index is -4.32. The Bertz CT molecular complexity index is 829. The van der Waals surface area contributed by atoms with Crippen LogP contribution in [-0.4, -0.2) is 46.2 Å². The molecule has 6 nitrogen and oxygen atoms in total. The second kappa shape index (κ2) is 8.94. The number of nitrogens with zero attached hydrogens (tertiary/aromatic N) is 4. The fraction of sp³-hybridized carbons (Fsp3) is 0.550. The van der Waals surface area contributed by atoms with E-state index in [-0.39, 0.29) is 11.8 Å². The molecule has 0 saturated carbocycles. The molecule has 0 bridgehead atoms. The van der Waals surface area contributed by atoms with E-state index in [0.29, 0.717) is 36.5 Å². The van der Waals surface area contributed by atoms with Gasteiger partial charge in [0.15, 0.2) is 0 Å². The minimum Gasteiger partial charge on any atom is -0.340 e. The number of rotatable bonds is 6. The number of halogens is 3. The summed E-state index contributed by atoms with van der Waals surface area (Å²) in [6.07, 6.45) is -2.17. The van der Waals surface area contributed by atoms with Gasteiger partial charge in [-0.3, -0.25) is 9.69 Å². The van der Waals surface area contributed by atoms with Crippen LogP contribution >= 0.6 is 0 Å². The van der Waals surface area contributed by atoms with Crippen molar-refractivity contribution in [1.29, 1.82) is 0 Å². The van der Waals surface area contributed by atoms with Crippen molar-refractivity contribution >= 4 is 5.91 Å². The van der Waals surface area contributed by atoms with Crippen LogP contribution in [0.2, 0.25) is 0 Å². The zero-order valence-electron chi connectivity index (χ0n) is 16.6. The molecule has 0 atom stereocenters. The van der Waals surface area contributed by atoms with Gasteiger partial charge in [0.05, 0.1) is 12.1 Å². The van der Waals surface area contributed by atoms with Crippen LogP contribution in [0.4, 0.5) is 13.2 Å². The van der Waals surface area contributed by atoms with Crippen molar-refractivity contribution in [3.63, 3.8) is 0 Å². The van der Waals surface area contributed by atoms with E-state index in [1.54, 1.807) is 24.9 Å². The third kappa shape index (κ3) is 5.79. The van der Waals surface area contributed by atoms with E-state index in [4.69, 9.17) is 0 Å². The van der Waals surface area contributed by atoms with Gasteiger partial charge in [-0.25, -0.2) is 4.63 Å². The highest BCUT2D eigenvalue weighted by Crippen LogP contribution is 2.30. The molecule has 29 heavy (non-hydrogen) atoms. The molecule has 0 N–H and O–H groups in total. The van der Waals surface area contributed by atoms with Crippen LogP contribution in [0.5, 0.6) is 0 Å². The van der Waals surface area contributed by atoms with Crippen LogP contribution in [0.1, 0.15) is 41.8 Å². The highest BCUT2D eigenvalue weighted by molar-refractivity contribution is 5.76. The maximum Gasteiger partial charge on any atom is 0.416 e. The first-order valence-corrected chi connectivity index (χ1v) is 9.63. The standard InChI is InChI=1S/C20H25F3N4O2/c1-14-18(25-29-24-14)13-26(2)19(28)11-15-6-8-27(9-7-15)12-16-4-3-5-17(10-16)20(21,22)23/h3-5,10,15H,6-9,11-13H2,1-2H3. The Balaban J connectivity index is 1.46. The largest absolute Gasteiger partial charge is 0.416 e. The number of benzene rings is 1. The van der Waals surface area contributed by atoms with Gasteiger partial charge in [-0.2, -0.15) is 13.2 Å². The second-order valence-electron chi connectivity index (χ2n) is 7.67. The van der Waals surface area contributed by atoms with Gasteiger partial charge in [-0.15, -0.1) is 0 Å². The molecule has 0 radical (unpaired) electrons. The summed E-state index contributed by atoms with van der Waals surface area (Å²) >= 11 is 0. The van der Waals surface area contributed by atoms with Gasteiger partial charge in [-0.1, -0.05) is 28.5 Å². The Kier molecular flexibility index (Phi) is 6.56. The van der Waals surface area contributed by atoms with E-state index in [1.807, 2.05) is 0 Å². The van der Waals surface area contributed by atoms with Crippen LogP contribution in [0.25, 0.3) is 0 Å². The summed E-state index contributed by atoms with van der Waals surface area (Å²) in [5.41, 5.74) is 1.37. The zero-order chi connectivity index (χ0) is 21.0. The highest BCUT2D eigenvalue weighted by Gasteiger charge is 2.30. The fourth-order valence-electron chi connectivity index (χ4n) is 3.56. The van der Waals surface area contributed by atoms with Gasteiger partial charge in [0.25, 0.3) is 0 Å². The average molecular weight is 410 g/mol. The Morgan fingerprint density at radius 3 is 2.62 bits per heavy atom. The number of piperidine rings is 1. The number of hydrogen-bond donors (Lipinski definition) is 0. The molecular formula is C20H25F3N4O2. The lowest BCUT2D eigenvalue weighted by molar-refractivity contribution is -0.137. The Morgan fingerprint density at radius 2 is 2.00 bits per heavy atom. The molecule has 0 aliphatic carbocycles. The SMILES string of the molecule is Cc1nonc1CN(C)C(=O)CC1CCN(Cc2cccc(C(F)(F)F)c2)CC1. The summed E-state index contributed by atoms with van der Waals surface area (Å²) in [7, 11) is 1.74. The number of likely N-dealkylation sites (tertiary alicyclic amines) is 1. The molecule has 1 aromatic heterocycles. The van der Waals surface area contributed by atoms with Crippen molar-refractivity contribution in [3.05, 3.63) is 46.8 Å². The van der Waals surface area contributed by atoms with Crippen LogP contribution in [0.15, 0.2) is 28.9 Å². The highest BCUT2D eigenvalue weighted by atomic mass is 19.4. The van der Waals surface area contributed by atoms with Gasteiger partial charge in [0.1, 0.15) is 11.4 Å². The fourth-order valence-corrected chi connectivity index (χ4v) is 3.56. The molecular weight excluding hydrogens is 385 g/mol. The molecule has 2 aromatic rings. The van der Waals surface area contributed by atoms with E-state index in [1.165, 1.54) is 12.1 Å². The first-order valence-electron chi connectivity index (χ1n) is 9.63. The predicted octanol–water partition coefficient (Wildman–Crippen LogP) is 3.66. The summed E-state index contributed by atoms with van der Waals surface area (Å²) in [5, 5.41) is 7.51. The number of carbonyl (C=O) groups is 1. The summed E-state index contributed by atoms with van der Waals surface area (Å²) in [6, 6.07) is 5.48. The molecule has 1 aliphatic heterocycles. The number of alkyl halides is 3. The Morgan fingerprint density at radius 1 is 1.28 bits per heavy atom. The van der Waals surface area contributed by atoms with Crippen LogP contribution in [0.3, 0.4) is 0 Å². The van der Waals surface area contributed by atoms with Crippen molar-refractivity contribution in [2.45, 2.75) is 45.5 Å². The molecule has 0 unspecified atom stereocenters. The van der Waals surface area contributed by atoms with Crippen LogP contribution < -0.4 is 0 Å². The van der Waals surface area contributed by atoms with E-state index >= 15 is 0 Å². The third-order valence-electron chi connectivity index (χ3n) is 5.39. The second-order valence-corrected chi connectivity index (χ2v) is 7.67. The van der Waals surface area contributed by atoms with Crippen molar-refractivity contribution in [3.8, 4) is 0 Å². The van der Waals surface area contributed by atoms with E-state index < -0.39 is 11.7 Å². The molecule has 1 amide bonds. The summed E-state index contributed by atoms with van der Waals surface area (Å²) < 4.78 is 43.2. The normalized spacial score (nSPS) is 16.2. The predicted molar refractivity (Wildman–Crippen MR) is 99.6 cm³/mol. The molecule has 1 saturated heterocycles. The van der Waals surface area contributed by atoms with Crippen molar-refractivity contribution in [2.75, 3.05) is 20.1 Å². The quantitative estimate of drug-likeness (QED) is 0.727. The van der Waals surface area contributed by atoms with E-state index in [9.17, 15) is 18.0 Å². The number of carbonyl (C=O) groups excluding carboxylic acids is 1. The van der Waals surface area contributed by atoms with Crippen LogP contribution in [-0.2, 0) is 24.1 Å². The van der Waals surface area contributed by atoms with E-state index in [0.717, 1.165) is 32.0 Å². The molecule has 2 heterocycles. The Hall–Kier alpha value is -2.42. The molecule has 3 rings (SSSR count). The third-order valence-corrected chi connectivity index (χ3v) is 5.39. The van der Waals surface area contributed by atoms with E-state index in [2.05, 4.69) is 19.8 Å². The smallest absolute Gasteiger partial charge is 0.340 e. The number of hydrogen-bond acceptors (Lipinski definition) is 5. The van der Waals surface area contributed by atoms with Crippen molar-refractivity contribution in [1.82, 2.24) is 20.1 Å². The lowest BCUT2D eigenvalue weighted by Crippen LogP contribution is -2.36. The number of aryl methyl sites for hydroxylation is 1. The number of amides is 1. The maximum atomic E-state index is 12.9. The summed E-state index contributed by atoms with van der Waals surface area (Å²) in [6.45, 7) is 4.17. The van der Waals surface area contributed by atoms with Gasteiger partial charge < -0.3 is 4.90 Å². The van der Waals surface area contributed by atoms with Crippen molar-refractivity contribution < 1.29 is 22.6 Å². The first-order chi connectivity index (χ1) is 13.7. The first kappa shape index (κ1) is 21.3. The lowest BCUT2D eigenvalue weighted by atomic mass is 9.92. The lowest BCUT2D eigenvalue weighted by Gasteiger charge is -2.32. The van der Waals surface area contributed by atoms with Gasteiger partial charge in [0, 0.05) is 20.0 Å².